The number of aryl methyl sites for hydroxylation is 2. The zero-order valence-electron chi connectivity index (χ0n) is 12.7. The molecule has 0 saturated carbocycles. The number of carbonyl (C=O) groups is 2. The van der Waals surface area contributed by atoms with Crippen LogP contribution >= 0.6 is 15.9 Å². The van der Waals surface area contributed by atoms with Crippen molar-refractivity contribution in [2.75, 3.05) is 0 Å². The van der Waals surface area contributed by atoms with Crippen LogP contribution in [0.15, 0.2) is 16.6 Å². The molecule has 0 bridgehead atoms. The van der Waals surface area contributed by atoms with Gasteiger partial charge in [-0.1, -0.05) is 22.9 Å². The van der Waals surface area contributed by atoms with E-state index in [4.69, 9.17) is 4.74 Å². The molecule has 0 heterocycles. The Morgan fingerprint density at radius 3 is 2.33 bits per heavy atom. The Bertz CT molecular complexity index is 509. The normalized spacial score (nSPS) is 11.7. The van der Waals surface area contributed by atoms with Crippen molar-refractivity contribution in [3.8, 4) is 5.75 Å². The Morgan fingerprint density at radius 1 is 1.24 bits per heavy atom. The van der Waals surface area contributed by atoms with Crippen molar-refractivity contribution in [2.45, 2.75) is 46.6 Å². The summed E-state index contributed by atoms with van der Waals surface area (Å²) < 4.78 is 6.67. The van der Waals surface area contributed by atoms with Gasteiger partial charge in [-0.15, -0.1) is 0 Å². The van der Waals surface area contributed by atoms with E-state index in [9.17, 15) is 9.59 Å². The van der Waals surface area contributed by atoms with Crippen molar-refractivity contribution in [2.24, 2.45) is 0 Å². The van der Waals surface area contributed by atoms with E-state index in [2.05, 4.69) is 26.8 Å². The van der Waals surface area contributed by atoms with Crippen molar-refractivity contribution in [1.82, 2.24) is 10.9 Å². The molecular weight excluding hydrogens is 336 g/mol. The predicted molar refractivity (Wildman–Crippen MR) is 84.9 cm³/mol. The Labute approximate surface area is 133 Å². The predicted octanol–water partition coefficient (Wildman–Crippen LogP) is 2.78. The molecule has 1 rings (SSSR count). The van der Waals surface area contributed by atoms with Gasteiger partial charge in [0.15, 0.2) is 6.10 Å². The molecule has 0 aliphatic carbocycles. The first-order valence-corrected chi connectivity index (χ1v) is 7.66. The maximum absolute atomic E-state index is 11.9. The van der Waals surface area contributed by atoms with Crippen LogP contribution in [0.5, 0.6) is 5.75 Å². The molecule has 116 valence electrons. The summed E-state index contributed by atoms with van der Waals surface area (Å²) >= 11 is 3.42. The number of carbonyl (C=O) groups excluding carboxylic acids is 2. The summed E-state index contributed by atoms with van der Waals surface area (Å²) in [4.78, 5) is 23.2. The first-order chi connectivity index (χ1) is 9.85. The zero-order chi connectivity index (χ0) is 16.0. The van der Waals surface area contributed by atoms with E-state index >= 15 is 0 Å². The lowest BCUT2D eigenvalue weighted by Gasteiger charge is -2.18. The summed E-state index contributed by atoms with van der Waals surface area (Å²) in [5.74, 6) is 0.0796. The average Bonchev–Trinajstić information content (AvgIpc) is 2.40. The molecule has 0 radical (unpaired) electrons. The minimum atomic E-state index is -0.703. The van der Waals surface area contributed by atoms with Crippen molar-refractivity contribution in [3.63, 3.8) is 0 Å². The van der Waals surface area contributed by atoms with Crippen LogP contribution in [0.3, 0.4) is 0 Å². The van der Waals surface area contributed by atoms with E-state index in [1.165, 1.54) is 0 Å². The number of rotatable bonds is 5. The number of ether oxygens (including phenoxy) is 1. The van der Waals surface area contributed by atoms with Gasteiger partial charge in [0.1, 0.15) is 5.75 Å². The van der Waals surface area contributed by atoms with Crippen molar-refractivity contribution < 1.29 is 14.3 Å². The molecule has 2 N–H and O–H groups in total. The van der Waals surface area contributed by atoms with Crippen molar-refractivity contribution in [3.05, 3.63) is 27.7 Å². The lowest BCUT2D eigenvalue weighted by molar-refractivity contribution is -0.132. The van der Waals surface area contributed by atoms with Crippen LogP contribution < -0.4 is 15.6 Å². The van der Waals surface area contributed by atoms with E-state index in [-0.39, 0.29) is 11.8 Å². The lowest BCUT2D eigenvalue weighted by atomic mass is 10.1. The molecule has 2 amide bonds. The van der Waals surface area contributed by atoms with Gasteiger partial charge < -0.3 is 4.74 Å². The van der Waals surface area contributed by atoms with E-state index in [1.54, 1.807) is 6.92 Å². The third-order valence-electron chi connectivity index (χ3n) is 2.89. The topological polar surface area (TPSA) is 67.4 Å². The van der Waals surface area contributed by atoms with Gasteiger partial charge in [0, 0.05) is 10.9 Å². The number of benzene rings is 1. The Morgan fingerprint density at radius 2 is 1.81 bits per heavy atom. The molecule has 1 aromatic carbocycles. The maximum Gasteiger partial charge on any atom is 0.279 e. The van der Waals surface area contributed by atoms with Gasteiger partial charge >= 0.3 is 0 Å². The monoisotopic (exact) mass is 356 g/mol. The maximum atomic E-state index is 11.9. The van der Waals surface area contributed by atoms with Crippen molar-refractivity contribution in [1.29, 1.82) is 0 Å². The van der Waals surface area contributed by atoms with Crippen molar-refractivity contribution >= 4 is 27.7 Å². The van der Waals surface area contributed by atoms with Crippen LogP contribution in [0.1, 0.15) is 37.8 Å². The number of nitrogens with one attached hydrogen (secondary N) is 2. The number of amides is 2. The second kappa shape index (κ2) is 8.02. The van der Waals surface area contributed by atoms with Gasteiger partial charge in [0.25, 0.3) is 5.91 Å². The minimum absolute atomic E-state index is 0.214. The van der Waals surface area contributed by atoms with Gasteiger partial charge in [0.2, 0.25) is 5.91 Å². The third-order valence-corrected chi connectivity index (χ3v) is 3.35. The molecule has 0 aliphatic rings. The standard InChI is InChI=1S/C15H21BrN2O3/c1-5-6-13(19)17-18-15(20)11(4)21-14-9(2)7-12(16)8-10(14)3/h7-8,11H,5-6H2,1-4H3,(H,17,19)(H,18,20). The fraction of sp³-hybridized carbons (Fsp3) is 0.467. The number of hydrogen-bond acceptors (Lipinski definition) is 3. The molecule has 1 unspecified atom stereocenters. The van der Waals surface area contributed by atoms with E-state index in [1.807, 2.05) is 32.9 Å². The number of hydrazine groups is 1. The molecule has 1 aromatic rings. The van der Waals surface area contributed by atoms with Crippen LogP contribution in [0.25, 0.3) is 0 Å². The first kappa shape index (κ1) is 17.5. The van der Waals surface area contributed by atoms with Crippen LogP contribution in [-0.4, -0.2) is 17.9 Å². The van der Waals surface area contributed by atoms with Crippen LogP contribution in [-0.2, 0) is 9.59 Å². The largest absolute Gasteiger partial charge is 0.480 e. The van der Waals surface area contributed by atoms with Gasteiger partial charge in [-0.25, -0.2) is 0 Å². The first-order valence-electron chi connectivity index (χ1n) is 6.87. The molecule has 0 aromatic heterocycles. The fourth-order valence-electron chi connectivity index (χ4n) is 1.84. The molecule has 0 spiro atoms. The molecule has 0 fully saturated rings. The summed E-state index contributed by atoms with van der Waals surface area (Å²) in [6, 6.07) is 3.85. The highest BCUT2D eigenvalue weighted by atomic mass is 79.9. The molecule has 1 atom stereocenters. The fourth-order valence-corrected chi connectivity index (χ4v) is 2.52. The van der Waals surface area contributed by atoms with Gasteiger partial charge in [-0.05, 0) is 50.5 Å². The summed E-state index contributed by atoms with van der Waals surface area (Å²) in [5, 5.41) is 0. The highest BCUT2D eigenvalue weighted by Gasteiger charge is 2.17. The third kappa shape index (κ3) is 5.38. The molecule has 0 saturated heterocycles. The van der Waals surface area contributed by atoms with E-state index in [0.717, 1.165) is 22.0 Å². The van der Waals surface area contributed by atoms with Gasteiger partial charge in [-0.3, -0.25) is 20.4 Å². The van der Waals surface area contributed by atoms with Crippen LogP contribution in [0.2, 0.25) is 0 Å². The summed E-state index contributed by atoms with van der Waals surface area (Å²) in [6.07, 6.45) is 0.399. The van der Waals surface area contributed by atoms with Gasteiger partial charge in [0.05, 0.1) is 0 Å². The Kier molecular flexibility index (Phi) is 6.68. The SMILES string of the molecule is CCCC(=O)NNC(=O)C(C)Oc1c(C)cc(Br)cc1C. The summed E-state index contributed by atoms with van der Waals surface area (Å²) in [6.45, 7) is 7.37. The second-order valence-corrected chi connectivity index (χ2v) is 5.83. The van der Waals surface area contributed by atoms with Gasteiger partial charge in [-0.2, -0.15) is 0 Å². The molecule has 5 nitrogen and oxygen atoms in total. The highest BCUT2D eigenvalue weighted by Crippen LogP contribution is 2.28. The lowest BCUT2D eigenvalue weighted by Crippen LogP contribution is -2.47. The number of hydrogen-bond donors (Lipinski definition) is 2. The zero-order valence-corrected chi connectivity index (χ0v) is 14.3. The van der Waals surface area contributed by atoms with Crippen LogP contribution in [0, 0.1) is 13.8 Å². The second-order valence-electron chi connectivity index (χ2n) is 4.92. The smallest absolute Gasteiger partial charge is 0.279 e. The summed E-state index contributed by atoms with van der Waals surface area (Å²) in [7, 11) is 0. The number of halogens is 1. The van der Waals surface area contributed by atoms with Crippen LogP contribution in [0.4, 0.5) is 0 Å². The molecular formula is C15H21BrN2O3. The summed E-state index contributed by atoms with van der Waals surface area (Å²) in [5.41, 5.74) is 6.61. The quantitative estimate of drug-likeness (QED) is 0.797. The minimum Gasteiger partial charge on any atom is -0.480 e. The average molecular weight is 357 g/mol. The van der Waals surface area contributed by atoms with E-state index in [0.29, 0.717) is 12.2 Å². The highest BCUT2D eigenvalue weighted by molar-refractivity contribution is 9.10. The Balaban J connectivity index is 2.62. The Hall–Kier alpha value is -1.56. The molecule has 0 aliphatic heterocycles. The molecule has 6 heteroatoms. The van der Waals surface area contributed by atoms with E-state index < -0.39 is 6.10 Å². The molecule has 21 heavy (non-hydrogen) atoms.